The fraction of sp³-hybridized carbons (Fsp3) is 0.136. The lowest BCUT2D eigenvalue weighted by Crippen LogP contribution is -2.26. The molecule has 0 bridgehead atoms. The molecule has 3 aromatic carbocycles. The van der Waals surface area contributed by atoms with Crippen LogP contribution in [-0.4, -0.2) is 35.6 Å². The van der Waals surface area contributed by atoms with Crippen molar-refractivity contribution >= 4 is 27.3 Å². The summed E-state index contributed by atoms with van der Waals surface area (Å²) >= 11 is 0. The van der Waals surface area contributed by atoms with Gasteiger partial charge in [0.1, 0.15) is 11.5 Å². The molecule has 156 valence electrons. The van der Waals surface area contributed by atoms with Crippen molar-refractivity contribution in [3.63, 3.8) is 0 Å². The van der Waals surface area contributed by atoms with Gasteiger partial charge in [0.05, 0.1) is 24.8 Å². The maximum atomic E-state index is 12.9. The minimum absolute atomic E-state index is 0.124. The summed E-state index contributed by atoms with van der Waals surface area (Å²) in [6.07, 6.45) is 0. The number of rotatable bonds is 7. The Kier molecular flexibility index (Phi) is 6.27. The van der Waals surface area contributed by atoms with Crippen LogP contribution in [0.1, 0.15) is 10.4 Å². The number of ether oxygens (including phenoxy) is 2. The van der Waals surface area contributed by atoms with Gasteiger partial charge in [-0.05, 0) is 66.7 Å². The Morgan fingerprint density at radius 3 is 2.00 bits per heavy atom. The molecule has 0 aliphatic rings. The Morgan fingerprint density at radius 1 is 0.867 bits per heavy atom. The average Bonchev–Trinajstić information content (AvgIpc) is 2.79. The number of hydrogen-bond donors (Lipinski definition) is 1. The smallest absolute Gasteiger partial charge is 0.264 e. The first-order chi connectivity index (χ1) is 14.3. The zero-order valence-electron chi connectivity index (χ0n) is 16.8. The van der Waals surface area contributed by atoms with Crippen LogP contribution in [0.25, 0.3) is 0 Å². The number of amides is 1. The normalized spacial score (nSPS) is 10.9. The standard InChI is InChI=1S/C22H22N2O5S/c1-24(30(26,27)21-13-11-20(29-3)12-14-21)18-6-4-5-16(15-18)22(25)23-17-7-9-19(28-2)10-8-17/h4-15H,1-3H3,(H,23,25). The molecule has 3 aromatic rings. The maximum Gasteiger partial charge on any atom is 0.264 e. The highest BCUT2D eigenvalue weighted by Crippen LogP contribution is 2.25. The monoisotopic (exact) mass is 426 g/mol. The minimum Gasteiger partial charge on any atom is -0.497 e. The van der Waals surface area contributed by atoms with E-state index in [0.717, 1.165) is 4.31 Å². The predicted molar refractivity (Wildman–Crippen MR) is 116 cm³/mol. The number of nitrogens with zero attached hydrogens (tertiary/aromatic N) is 1. The van der Waals surface area contributed by atoms with Gasteiger partial charge in [-0.3, -0.25) is 9.10 Å². The molecule has 0 aliphatic heterocycles. The van der Waals surface area contributed by atoms with E-state index in [4.69, 9.17) is 9.47 Å². The highest BCUT2D eigenvalue weighted by Gasteiger charge is 2.22. The van der Waals surface area contributed by atoms with E-state index in [2.05, 4.69) is 5.32 Å². The van der Waals surface area contributed by atoms with E-state index >= 15 is 0 Å². The third-order valence-corrected chi connectivity index (χ3v) is 6.34. The summed E-state index contributed by atoms with van der Waals surface area (Å²) in [6.45, 7) is 0. The van der Waals surface area contributed by atoms with Gasteiger partial charge >= 0.3 is 0 Å². The lowest BCUT2D eigenvalue weighted by atomic mass is 10.2. The number of methoxy groups -OCH3 is 2. The lowest BCUT2D eigenvalue weighted by Gasteiger charge is -2.20. The van der Waals surface area contributed by atoms with Crippen LogP contribution in [0.15, 0.2) is 77.7 Å². The highest BCUT2D eigenvalue weighted by molar-refractivity contribution is 7.92. The molecule has 0 radical (unpaired) electrons. The molecule has 0 aromatic heterocycles. The van der Waals surface area contributed by atoms with E-state index in [1.54, 1.807) is 61.7 Å². The number of hydrogen-bond acceptors (Lipinski definition) is 5. The third kappa shape index (κ3) is 4.55. The number of carbonyl (C=O) groups is 1. The number of nitrogens with one attached hydrogen (secondary N) is 1. The Bertz CT molecular complexity index is 1130. The molecule has 0 fully saturated rings. The van der Waals surface area contributed by atoms with Crippen LogP contribution in [0.2, 0.25) is 0 Å². The summed E-state index contributed by atoms with van der Waals surface area (Å²) in [5.41, 5.74) is 1.30. The molecule has 0 atom stereocenters. The molecular weight excluding hydrogens is 404 g/mol. The van der Waals surface area contributed by atoms with Gasteiger partial charge in [-0.1, -0.05) is 6.07 Å². The summed E-state index contributed by atoms with van der Waals surface area (Å²) in [5.74, 6) is 0.895. The van der Waals surface area contributed by atoms with E-state index < -0.39 is 10.0 Å². The van der Waals surface area contributed by atoms with Gasteiger partial charge in [0.2, 0.25) is 0 Å². The van der Waals surface area contributed by atoms with Crippen molar-refractivity contribution in [3.8, 4) is 11.5 Å². The molecule has 7 nitrogen and oxygen atoms in total. The summed E-state index contributed by atoms with van der Waals surface area (Å²) < 4.78 is 37.2. The van der Waals surface area contributed by atoms with E-state index in [1.807, 2.05) is 0 Å². The van der Waals surface area contributed by atoms with Gasteiger partial charge in [-0.2, -0.15) is 0 Å². The van der Waals surface area contributed by atoms with Crippen LogP contribution >= 0.6 is 0 Å². The van der Waals surface area contributed by atoms with Crippen LogP contribution in [-0.2, 0) is 10.0 Å². The second kappa shape index (κ2) is 8.87. The van der Waals surface area contributed by atoms with Crippen LogP contribution in [0.3, 0.4) is 0 Å². The molecule has 3 rings (SSSR count). The molecule has 1 N–H and O–H groups in total. The zero-order valence-corrected chi connectivity index (χ0v) is 17.6. The number of carbonyl (C=O) groups excluding carboxylic acids is 1. The average molecular weight is 426 g/mol. The van der Waals surface area contributed by atoms with Crippen molar-refractivity contribution in [2.75, 3.05) is 30.9 Å². The van der Waals surface area contributed by atoms with Crippen LogP contribution in [0, 0.1) is 0 Å². The molecule has 0 unspecified atom stereocenters. The van der Waals surface area contributed by atoms with E-state index in [-0.39, 0.29) is 10.8 Å². The Morgan fingerprint density at radius 2 is 1.43 bits per heavy atom. The number of sulfonamides is 1. The summed E-state index contributed by atoms with van der Waals surface area (Å²) in [6, 6.07) is 19.5. The van der Waals surface area contributed by atoms with Crippen molar-refractivity contribution in [1.29, 1.82) is 0 Å². The molecule has 1 amide bonds. The molecule has 0 saturated heterocycles. The van der Waals surface area contributed by atoms with Crippen LogP contribution < -0.4 is 19.1 Å². The highest BCUT2D eigenvalue weighted by atomic mass is 32.2. The summed E-state index contributed by atoms with van der Waals surface area (Å²) in [4.78, 5) is 12.7. The Labute approximate surface area is 175 Å². The van der Waals surface area contributed by atoms with Crippen LogP contribution in [0.5, 0.6) is 11.5 Å². The fourth-order valence-corrected chi connectivity index (χ4v) is 3.95. The van der Waals surface area contributed by atoms with Crippen molar-refractivity contribution in [2.24, 2.45) is 0 Å². The molecule has 0 spiro atoms. The summed E-state index contributed by atoms with van der Waals surface area (Å²) in [7, 11) is 0.728. The molecule has 0 heterocycles. The molecular formula is C22H22N2O5S. The van der Waals surface area contributed by atoms with Crippen molar-refractivity contribution in [3.05, 3.63) is 78.4 Å². The molecule has 0 saturated carbocycles. The fourth-order valence-electron chi connectivity index (χ4n) is 2.77. The SMILES string of the molecule is COc1ccc(NC(=O)c2cccc(N(C)S(=O)(=O)c3ccc(OC)cc3)c2)cc1. The van der Waals surface area contributed by atoms with Crippen molar-refractivity contribution in [2.45, 2.75) is 4.90 Å². The van der Waals surface area contributed by atoms with Crippen molar-refractivity contribution in [1.82, 2.24) is 0 Å². The predicted octanol–water partition coefficient (Wildman–Crippen LogP) is 3.78. The van der Waals surface area contributed by atoms with Gasteiger partial charge in [-0.15, -0.1) is 0 Å². The Balaban J connectivity index is 1.81. The van der Waals surface area contributed by atoms with Gasteiger partial charge in [0, 0.05) is 18.3 Å². The largest absolute Gasteiger partial charge is 0.497 e. The maximum absolute atomic E-state index is 12.9. The van der Waals surface area contributed by atoms with Gasteiger partial charge in [-0.25, -0.2) is 8.42 Å². The van der Waals surface area contributed by atoms with Gasteiger partial charge < -0.3 is 14.8 Å². The van der Waals surface area contributed by atoms with E-state index in [0.29, 0.717) is 28.4 Å². The lowest BCUT2D eigenvalue weighted by molar-refractivity contribution is 0.102. The quantitative estimate of drug-likeness (QED) is 0.621. The third-order valence-electron chi connectivity index (χ3n) is 4.54. The number of anilines is 2. The second-order valence-electron chi connectivity index (χ2n) is 6.38. The molecule has 30 heavy (non-hydrogen) atoms. The topological polar surface area (TPSA) is 84.9 Å². The zero-order chi connectivity index (χ0) is 21.7. The van der Waals surface area contributed by atoms with E-state index in [9.17, 15) is 13.2 Å². The summed E-state index contributed by atoms with van der Waals surface area (Å²) in [5, 5.41) is 2.78. The second-order valence-corrected chi connectivity index (χ2v) is 8.35. The molecule has 0 aliphatic carbocycles. The number of benzene rings is 3. The van der Waals surface area contributed by atoms with Crippen LogP contribution in [0.4, 0.5) is 11.4 Å². The first-order valence-corrected chi connectivity index (χ1v) is 10.5. The first kappa shape index (κ1) is 21.2. The van der Waals surface area contributed by atoms with E-state index in [1.165, 1.54) is 32.4 Å². The van der Waals surface area contributed by atoms with Gasteiger partial charge in [0.15, 0.2) is 0 Å². The van der Waals surface area contributed by atoms with Gasteiger partial charge in [0.25, 0.3) is 15.9 Å². The Hall–Kier alpha value is -3.52. The minimum atomic E-state index is -3.79. The van der Waals surface area contributed by atoms with Crippen molar-refractivity contribution < 1.29 is 22.7 Å². The first-order valence-electron chi connectivity index (χ1n) is 9.03. The molecule has 8 heteroatoms.